The van der Waals surface area contributed by atoms with E-state index < -0.39 is 10.9 Å². The normalized spacial score (nSPS) is 10.5. The summed E-state index contributed by atoms with van der Waals surface area (Å²) in [6, 6.07) is 7.78. The molecule has 0 amide bonds. The maximum Gasteiger partial charge on any atom is 0.372 e. The van der Waals surface area contributed by atoms with Crippen LogP contribution in [-0.4, -0.2) is 16.8 Å². The van der Waals surface area contributed by atoms with E-state index in [1.165, 1.54) is 12.1 Å². The highest BCUT2D eigenvalue weighted by atomic mass is 32.2. The van der Waals surface area contributed by atoms with Crippen molar-refractivity contribution in [3.8, 4) is 5.75 Å². The summed E-state index contributed by atoms with van der Waals surface area (Å²) in [5.74, 6) is 0.813. The van der Waals surface area contributed by atoms with Crippen molar-refractivity contribution in [3.05, 3.63) is 40.8 Å². The monoisotopic (exact) mass is 306 g/mol. The number of fused-ring (bicyclic) bond motifs is 1. The molecule has 0 bridgehead atoms. The van der Waals surface area contributed by atoms with Gasteiger partial charge in [0.2, 0.25) is 0 Å². The van der Waals surface area contributed by atoms with Crippen molar-refractivity contribution in [2.45, 2.75) is 19.8 Å². The van der Waals surface area contributed by atoms with Gasteiger partial charge >= 0.3 is 10.9 Å². The van der Waals surface area contributed by atoms with E-state index >= 15 is 0 Å². The lowest BCUT2D eigenvalue weighted by Gasteiger charge is -2.04. The van der Waals surface area contributed by atoms with Crippen LogP contribution in [-0.2, 0) is 4.79 Å². The molecule has 21 heavy (non-hydrogen) atoms. The van der Waals surface area contributed by atoms with Gasteiger partial charge in [-0.3, -0.25) is 4.79 Å². The molecule has 5 nitrogen and oxygen atoms in total. The predicted octanol–water partition coefficient (Wildman–Crippen LogP) is 3.39. The minimum absolute atomic E-state index is 0.114. The third-order valence-corrected chi connectivity index (χ3v) is 3.52. The molecule has 1 heterocycles. The lowest BCUT2D eigenvalue weighted by atomic mass is 10.2. The lowest BCUT2D eigenvalue weighted by molar-refractivity contribution is -0.118. The Bertz CT molecular complexity index is 719. The molecule has 1 aromatic carbocycles. The van der Waals surface area contributed by atoms with Crippen molar-refractivity contribution in [2.75, 3.05) is 5.75 Å². The fourth-order valence-corrected chi connectivity index (χ4v) is 2.31. The molecular formula is C15H14O5S. The van der Waals surface area contributed by atoms with Crippen molar-refractivity contribution in [1.82, 2.24) is 0 Å². The molecule has 0 fully saturated rings. The summed E-state index contributed by atoms with van der Waals surface area (Å²) in [6.07, 6.45) is 0.822. The van der Waals surface area contributed by atoms with Gasteiger partial charge in [-0.15, -0.1) is 0 Å². The molecule has 2 aromatic rings. The van der Waals surface area contributed by atoms with Gasteiger partial charge in [0.05, 0.1) is 0 Å². The van der Waals surface area contributed by atoms with Gasteiger partial charge in [0, 0.05) is 36.1 Å². The number of carbonyl (C=O) groups excluding carboxylic acids is 2. The first kappa shape index (κ1) is 15.3. The molecular weight excluding hydrogens is 292 g/mol. The minimum atomic E-state index is -0.489. The number of hydrogen-bond acceptors (Lipinski definition) is 6. The molecule has 1 aromatic heterocycles. The van der Waals surface area contributed by atoms with Gasteiger partial charge in [-0.25, -0.2) is 9.59 Å². The fourth-order valence-electron chi connectivity index (χ4n) is 1.66. The molecule has 0 aliphatic rings. The lowest BCUT2D eigenvalue weighted by Crippen LogP contribution is -2.04. The second-order valence-electron chi connectivity index (χ2n) is 4.30. The largest absolute Gasteiger partial charge is 0.423 e. The zero-order valence-corrected chi connectivity index (χ0v) is 12.3. The average molecular weight is 306 g/mol. The van der Waals surface area contributed by atoms with Crippen LogP contribution < -0.4 is 10.4 Å². The first-order valence-corrected chi connectivity index (χ1v) is 7.47. The third kappa shape index (κ3) is 4.46. The maximum absolute atomic E-state index is 11.6. The van der Waals surface area contributed by atoms with Crippen molar-refractivity contribution >= 4 is 33.8 Å². The van der Waals surface area contributed by atoms with Crippen LogP contribution in [0.4, 0.5) is 4.79 Å². The Kier molecular flexibility index (Phi) is 5.16. The Hall–Kier alpha value is -2.08. The highest BCUT2D eigenvalue weighted by Gasteiger charge is 2.08. The van der Waals surface area contributed by atoms with Crippen molar-refractivity contribution in [1.29, 1.82) is 0 Å². The Labute approximate surface area is 125 Å². The Balaban J connectivity index is 1.97. The Morgan fingerprint density at radius 3 is 2.76 bits per heavy atom. The van der Waals surface area contributed by atoms with Gasteiger partial charge in [-0.2, -0.15) is 0 Å². The molecule has 0 N–H and O–H groups in total. The second kappa shape index (κ2) is 7.08. The minimum Gasteiger partial charge on any atom is -0.423 e. The first-order valence-electron chi connectivity index (χ1n) is 6.48. The number of ether oxygens (including phenoxy) is 1. The molecule has 110 valence electrons. The Morgan fingerprint density at radius 1 is 1.24 bits per heavy atom. The summed E-state index contributed by atoms with van der Waals surface area (Å²) in [5.41, 5.74) is -0.0996. The number of thioether (sulfide) groups is 1. The molecule has 6 heteroatoms. The van der Waals surface area contributed by atoms with Crippen molar-refractivity contribution in [3.63, 3.8) is 0 Å². The number of ketones is 1. The van der Waals surface area contributed by atoms with E-state index in [9.17, 15) is 14.4 Å². The maximum atomic E-state index is 11.6. The van der Waals surface area contributed by atoms with Crippen LogP contribution in [0, 0.1) is 0 Å². The first-order chi connectivity index (χ1) is 10.1. The van der Waals surface area contributed by atoms with Crippen molar-refractivity contribution < 1.29 is 18.7 Å². The van der Waals surface area contributed by atoms with Gasteiger partial charge in [0.25, 0.3) is 0 Å². The molecule has 0 saturated heterocycles. The molecule has 0 saturated carbocycles. The summed E-state index contributed by atoms with van der Waals surface area (Å²) >= 11 is 0.949. The second-order valence-corrected chi connectivity index (χ2v) is 5.33. The molecule has 0 radical (unpaired) electrons. The van der Waals surface area contributed by atoms with Crippen LogP contribution in [0.3, 0.4) is 0 Å². The standard InChI is InChI=1S/C15H14O5S/c1-2-11(16)7-8-21-15(18)19-12-5-3-10-4-6-14(17)20-13(10)9-12/h3-6,9H,2,7-8H2,1H3. The molecule has 0 aliphatic carbocycles. The summed E-state index contributed by atoms with van der Waals surface area (Å²) in [4.78, 5) is 33.9. The highest BCUT2D eigenvalue weighted by molar-refractivity contribution is 8.13. The number of rotatable bonds is 5. The van der Waals surface area contributed by atoms with Gasteiger partial charge in [-0.05, 0) is 30.0 Å². The van der Waals surface area contributed by atoms with E-state index in [-0.39, 0.29) is 5.78 Å². The average Bonchev–Trinajstić information content (AvgIpc) is 2.46. The fraction of sp³-hybridized carbons (Fsp3) is 0.267. The van der Waals surface area contributed by atoms with Crippen LogP contribution in [0.25, 0.3) is 11.0 Å². The number of Topliss-reactive ketones (excluding diaryl/α,β-unsaturated/α-hetero) is 1. The van der Waals surface area contributed by atoms with E-state index in [2.05, 4.69) is 0 Å². The molecule has 2 rings (SSSR count). The summed E-state index contributed by atoms with van der Waals surface area (Å²) in [7, 11) is 0. The van der Waals surface area contributed by atoms with Gasteiger partial charge < -0.3 is 9.15 Å². The van der Waals surface area contributed by atoms with Crippen molar-refractivity contribution in [2.24, 2.45) is 0 Å². The summed E-state index contributed by atoms with van der Waals surface area (Å²) < 4.78 is 10.1. The molecule has 0 atom stereocenters. The summed E-state index contributed by atoms with van der Waals surface area (Å²) in [6.45, 7) is 1.79. The van der Waals surface area contributed by atoms with E-state index in [1.54, 1.807) is 25.1 Å². The van der Waals surface area contributed by atoms with Crippen LogP contribution in [0.2, 0.25) is 0 Å². The van der Waals surface area contributed by atoms with Gasteiger partial charge in [0.1, 0.15) is 17.1 Å². The topological polar surface area (TPSA) is 73.6 Å². The van der Waals surface area contributed by atoms with Crippen LogP contribution in [0.1, 0.15) is 19.8 Å². The van der Waals surface area contributed by atoms with E-state index in [1.807, 2.05) is 0 Å². The zero-order valence-electron chi connectivity index (χ0n) is 11.5. The predicted molar refractivity (Wildman–Crippen MR) is 80.9 cm³/mol. The van der Waals surface area contributed by atoms with Gasteiger partial charge in [0.15, 0.2) is 0 Å². The molecule has 0 aliphatic heterocycles. The van der Waals surface area contributed by atoms with Crippen LogP contribution in [0.5, 0.6) is 5.75 Å². The highest BCUT2D eigenvalue weighted by Crippen LogP contribution is 2.21. The third-order valence-electron chi connectivity index (χ3n) is 2.79. The Morgan fingerprint density at radius 2 is 2.00 bits per heavy atom. The molecule has 0 spiro atoms. The smallest absolute Gasteiger partial charge is 0.372 e. The van der Waals surface area contributed by atoms with Crippen LogP contribution in [0.15, 0.2) is 39.5 Å². The van der Waals surface area contributed by atoms with E-state index in [0.717, 1.165) is 17.1 Å². The summed E-state index contributed by atoms with van der Waals surface area (Å²) in [5, 5.41) is 0.257. The number of benzene rings is 1. The SMILES string of the molecule is CCC(=O)CCSC(=O)Oc1ccc2ccc(=O)oc2c1. The van der Waals surface area contributed by atoms with Crippen LogP contribution >= 0.6 is 11.8 Å². The number of hydrogen-bond donors (Lipinski definition) is 0. The quantitative estimate of drug-likeness (QED) is 0.622. The number of carbonyl (C=O) groups is 2. The molecule has 0 unspecified atom stereocenters. The van der Waals surface area contributed by atoms with E-state index in [0.29, 0.717) is 29.9 Å². The zero-order chi connectivity index (χ0) is 15.2. The van der Waals surface area contributed by atoms with E-state index in [4.69, 9.17) is 9.15 Å². The van der Waals surface area contributed by atoms with Gasteiger partial charge in [-0.1, -0.05) is 6.92 Å².